The van der Waals surface area contributed by atoms with E-state index < -0.39 is 6.10 Å². The average molecular weight is 429 g/mol. The molecule has 2 fully saturated rings. The number of hydrogen-bond acceptors (Lipinski definition) is 6. The first-order valence-electron chi connectivity index (χ1n) is 11.6. The quantitative estimate of drug-likeness (QED) is 0.777. The van der Waals surface area contributed by atoms with Crippen molar-refractivity contribution in [2.75, 3.05) is 39.4 Å². The largest absolute Gasteiger partial charge is 0.487 e. The summed E-state index contributed by atoms with van der Waals surface area (Å²) < 4.78 is 17.8. The Kier molecular flexibility index (Phi) is 5.67. The van der Waals surface area contributed by atoms with Crippen LogP contribution in [0.5, 0.6) is 5.75 Å². The maximum absolute atomic E-state index is 12.8. The van der Waals surface area contributed by atoms with Crippen molar-refractivity contribution in [3.63, 3.8) is 0 Å². The second-order valence-corrected chi connectivity index (χ2v) is 9.18. The van der Waals surface area contributed by atoms with Crippen LogP contribution < -0.4 is 10.1 Å². The van der Waals surface area contributed by atoms with Gasteiger partial charge in [-0.05, 0) is 44.7 Å². The summed E-state index contributed by atoms with van der Waals surface area (Å²) in [6.07, 6.45) is 5.49. The molecule has 3 aliphatic rings. The van der Waals surface area contributed by atoms with Gasteiger partial charge in [-0.2, -0.15) is 0 Å². The molecule has 1 saturated heterocycles. The van der Waals surface area contributed by atoms with Gasteiger partial charge in [0, 0.05) is 49.1 Å². The number of aliphatic hydroxyl groups excluding tert-OH is 1. The summed E-state index contributed by atoms with van der Waals surface area (Å²) in [5, 5.41) is 14.9. The van der Waals surface area contributed by atoms with E-state index in [4.69, 9.17) is 13.9 Å². The summed E-state index contributed by atoms with van der Waals surface area (Å²) in [4.78, 5) is 15.1. The van der Waals surface area contributed by atoms with Crippen LogP contribution in [0.3, 0.4) is 0 Å². The Hall–Kier alpha value is -2.09. The molecule has 1 aliphatic carbocycles. The molecule has 31 heavy (non-hydrogen) atoms. The molecule has 1 atom stereocenters. The van der Waals surface area contributed by atoms with Crippen LogP contribution in [0.25, 0.3) is 11.0 Å². The van der Waals surface area contributed by atoms with Crippen molar-refractivity contribution in [1.29, 1.82) is 0 Å². The van der Waals surface area contributed by atoms with Gasteiger partial charge in [0.25, 0.3) is 5.91 Å². The molecule has 5 rings (SSSR count). The molecule has 1 aromatic heterocycles. The average Bonchev–Trinajstić information content (AvgIpc) is 3.11. The molecular weight excluding hydrogens is 396 g/mol. The smallest absolute Gasteiger partial charge is 0.287 e. The molecule has 1 amide bonds. The van der Waals surface area contributed by atoms with Crippen LogP contribution in [0.4, 0.5) is 0 Å². The van der Waals surface area contributed by atoms with E-state index in [2.05, 4.69) is 10.2 Å². The molecule has 2 aromatic rings. The van der Waals surface area contributed by atoms with Gasteiger partial charge in [-0.1, -0.05) is 6.42 Å². The van der Waals surface area contributed by atoms with Gasteiger partial charge in [0.05, 0.1) is 19.3 Å². The summed E-state index contributed by atoms with van der Waals surface area (Å²) in [6.45, 7) is 6.51. The van der Waals surface area contributed by atoms with Crippen molar-refractivity contribution < 1.29 is 23.8 Å². The minimum Gasteiger partial charge on any atom is -0.487 e. The molecule has 1 unspecified atom stereocenters. The fourth-order valence-corrected chi connectivity index (χ4v) is 5.45. The number of carbonyl (C=O) groups excluding carboxylic acids is 1. The molecule has 1 aromatic carbocycles. The van der Waals surface area contributed by atoms with E-state index in [0.717, 1.165) is 80.8 Å². The molecule has 1 saturated carbocycles. The number of aryl methyl sites for hydroxylation is 1. The van der Waals surface area contributed by atoms with E-state index in [9.17, 15) is 9.90 Å². The van der Waals surface area contributed by atoms with Crippen molar-refractivity contribution in [1.82, 2.24) is 10.2 Å². The summed E-state index contributed by atoms with van der Waals surface area (Å²) >= 11 is 0. The first kappa shape index (κ1) is 20.8. The van der Waals surface area contributed by atoms with Crippen LogP contribution >= 0.6 is 0 Å². The van der Waals surface area contributed by atoms with Crippen LogP contribution in [0.1, 0.15) is 66.3 Å². The van der Waals surface area contributed by atoms with Crippen molar-refractivity contribution >= 4 is 16.9 Å². The Morgan fingerprint density at radius 1 is 1.23 bits per heavy atom. The highest BCUT2D eigenvalue weighted by molar-refractivity contribution is 6.00. The van der Waals surface area contributed by atoms with Crippen molar-refractivity contribution in [2.24, 2.45) is 0 Å². The Morgan fingerprint density at radius 3 is 2.77 bits per heavy atom. The van der Waals surface area contributed by atoms with Gasteiger partial charge in [0.15, 0.2) is 5.76 Å². The lowest BCUT2D eigenvalue weighted by Crippen LogP contribution is -2.42. The van der Waals surface area contributed by atoms with Gasteiger partial charge in [-0.3, -0.25) is 9.69 Å². The number of rotatable bonds is 4. The predicted molar refractivity (Wildman–Crippen MR) is 117 cm³/mol. The lowest BCUT2D eigenvalue weighted by molar-refractivity contribution is -0.0373. The van der Waals surface area contributed by atoms with Crippen LogP contribution in [-0.2, 0) is 4.74 Å². The maximum atomic E-state index is 12.8. The zero-order valence-corrected chi connectivity index (χ0v) is 18.2. The topological polar surface area (TPSA) is 84.2 Å². The van der Waals surface area contributed by atoms with Crippen LogP contribution in [0.2, 0.25) is 0 Å². The Bertz CT molecular complexity index is 957. The summed E-state index contributed by atoms with van der Waals surface area (Å²) in [6, 6.07) is 3.75. The van der Waals surface area contributed by atoms with Crippen LogP contribution in [0, 0.1) is 6.92 Å². The molecule has 3 heterocycles. The fourth-order valence-electron chi connectivity index (χ4n) is 5.45. The SMILES string of the molecule is Cc1c(C(=O)NCCN2CCOCC2)oc2ccc3c(c12)C(O)CC1(CCCCC1)O3. The number of amides is 1. The first-order valence-corrected chi connectivity index (χ1v) is 11.6. The third-order valence-corrected chi connectivity index (χ3v) is 7.11. The molecule has 7 nitrogen and oxygen atoms in total. The zero-order valence-electron chi connectivity index (χ0n) is 18.2. The van der Waals surface area contributed by atoms with Gasteiger partial charge in [-0.25, -0.2) is 0 Å². The number of ether oxygens (including phenoxy) is 2. The van der Waals surface area contributed by atoms with Gasteiger partial charge in [0.2, 0.25) is 0 Å². The number of aliphatic hydroxyl groups is 1. The molecular formula is C24H32N2O5. The number of fused-ring (bicyclic) bond motifs is 3. The Labute approximate surface area is 182 Å². The van der Waals surface area contributed by atoms with E-state index in [1.807, 2.05) is 19.1 Å². The number of hydrogen-bond donors (Lipinski definition) is 2. The van der Waals surface area contributed by atoms with Gasteiger partial charge < -0.3 is 24.3 Å². The van der Waals surface area contributed by atoms with E-state index in [0.29, 0.717) is 24.3 Å². The Morgan fingerprint density at radius 2 is 2.00 bits per heavy atom. The van der Waals surface area contributed by atoms with E-state index in [1.165, 1.54) is 6.42 Å². The third-order valence-electron chi connectivity index (χ3n) is 7.11. The van der Waals surface area contributed by atoms with E-state index in [-0.39, 0.29) is 11.5 Å². The standard InChI is InChI=1S/C24H32N2O5/c1-16-20-18(30-22(16)23(28)25-9-10-26-11-13-29-14-12-26)5-6-19-21(20)17(27)15-24(31-19)7-3-2-4-8-24/h5-6,17,27H,2-4,7-15H2,1H3,(H,25,28). The first-order chi connectivity index (χ1) is 15.1. The van der Waals surface area contributed by atoms with Gasteiger partial charge >= 0.3 is 0 Å². The van der Waals surface area contributed by atoms with Crippen molar-refractivity contribution in [3.8, 4) is 5.75 Å². The minimum atomic E-state index is -0.612. The van der Waals surface area contributed by atoms with Crippen molar-refractivity contribution in [2.45, 2.75) is 57.2 Å². The molecule has 7 heteroatoms. The molecule has 1 spiro atoms. The maximum Gasteiger partial charge on any atom is 0.287 e. The highest BCUT2D eigenvalue weighted by Gasteiger charge is 2.42. The number of nitrogens with zero attached hydrogens (tertiary/aromatic N) is 1. The highest BCUT2D eigenvalue weighted by Crippen LogP contribution is 2.49. The number of nitrogens with one attached hydrogen (secondary N) is 1. The molecule has 0 bridgehead atoms. The lowest BCUT2D eigenvalue weighted by atomic mass is 9.77. The highest BCUT2D eigenvalue weighted by atomic mass is 16.5. The molecule has 2 N–H and O–H groups in total. The van der Waals surface area contributed by atoms with Gasteiger partial charge in [0.1, 0.15) is 16.9 Å². The summed E-state index contributed by atoms with van der Waals surface area (Å²) in [5.41, 5.74) is 1.90. The molecule has 2 aliphatic heterocycles. The van der Waals surface area contributed by atoms with Crippen molar-refractivity contribution in [3.05, 3.63) is 29.0 Å². The predicted octanol–water partition coefficient (Wildman–Crippen LogP) is 3.32. The molecule has 168 valence electrons. The monoisotopic (exact) mass is 428 g/mol. The van der Waals surface area contributed by atoms with E-state index in [1.54, 1.807) is 0 Å². The second kappa shape index (κ2) is 8.45. The number of carbonyl (C=O) groups is 1. The normalized spacial score (nSPS) is 23.5. The molecule has 0 radical (unpaired) electrons. The zero-order chi connectivity index (χ0) is 21.4. The fraction of sp³-hybridized carbons (Fsp3) is 0.625. The van der Waals surface area contributed by atoms with Gasteiger partial charge in [-0.15, -0.1) is 0 Å². The number of benzene rings is 1. The number of furan rings is 1. The second-order valence-electron chi connectivity index (χ2n) is 9.18. The minimum absolute atomic E-state index is 0.217. The lowest BCUT2D eigenvalue weighted by Gasteiger charge is -2.43. The summed E-state index contributed by atoms with van der Waals surface area (Å²) in [5.74, 6) is 0.831. The third kappa shape index (κ3) is 3.95. The number of morpholine rings is 1. The van der Waals surface area contributed by atoms with E-state index >= 15 is 0 Å². The van der Waals surface area contributed by atoms with Crippen LogP contribution in [-0.4, -0.2) is 60.9 Å². The van der Waals surface area contributed by atoms with Crippen LogP contribution in [0.15, 0.2) is 16.5 Å². The Balaban J connectivity index is 1.36. The summed E-state index contributed by atoms with van der Waals surface area (Å²) in [7, 11) is 0.